The monoisotopic (exact) mass is 354 g/mol. The predicted molar refractivity (Wildman–Crippen MR) is 78.3 cm³/mol. The van der Waals surface area contributed by atoms with Crippen LogP contribution in [0.5, 0.6) is 5.88 Å². The van der Waals surface area contributed by atoms with Gasteiger partial charge in [-0.1, -0.05) is 15.9 Å². The van der Waals surface area contributed by atoms with Gasteiger partial charge in [0.25, 0.3) is 0 Å². The number of aromatic amines is 1. The van der Waals surface area contributed by atoms with E-state index in [2.05, 4.69) is 30.9 Å². The Morgan fingerprint density at radius 1 is 1.40 bits per heavy atom. The van der Waals surface area contributed by atoms with Gasteiger partial charge in [0, 0.05) is 4.47 Å². The molecule has 102 valence electrons. The molecule has 0 aliphatic heterocycles. The Hall–Kier alpha value is -1.80. The Kier molecular flexibility index (Phi) is 3.27. The van der Waals surface area contributed by atoms with Gasteiger partial charge in [0.05, 0.1) is 12.8 Å². The topological polar surface area (TPSA) is 55.7 Å². The van der Waals surface area contributed by atoms with Crippen LogP contribution in [0.3, 0.4) is 0 Å². The average molecular weight is 355 g/mol. The first-order valence-electron chi connectivity index (χ1n) is 5.57. The highest BCUT2D eigenvalue weighted by atomic mass is 79.9. The van der Waals surface area contributed by atoms with Crippen molar-refractivity contribution in [2.24, 2.45) is 0 Å². The molecular formula is C12H8BrFN4OS. The summed E-state index contributed by atoms with van der Waals surface area (Å²) >= 11 is 8.46. The van der Waals surface area contributed by atoms with E-state index in [1.807, 2.05) is 0 Å². The summed E-state index contributed by atoms with van der Waals surface area (Å²) in [7, 11) is 1.50. The van der Waals surface area contributed by atoms with Crippen LogP contribution in [0.1, 0.15) is 0 Å². The van der Waals surface area contributed by atoms with Crippen molar-refractivity contribution >= 4 is 39.3 Å². The van der Waals surface area contributed by atoms with Crippen LogP contribution in [0.2, 0.25) is 0 Å². The van der Waals surface area contributed by atoms with Crippen molar-refractivity contribution in [3.05, 3.63) is 39.6 Å². The zero-order valence-electron chi connectivity index (χ0n) is 10.2. The van der Waals surface area contributed by atoms with Gasteiger partial charge < -0.3 is 9.72 Å². The van der Waals surface area contributed by atoms with E-state index in [4.69, 9.17) is 17.0 Å². The molecule has 8 heteroatoms. The normalized spacial score (nSPS) is 10.9. The third-order valence-electron chi connectivity index (χ3n) is 2.78. The first-order valence-corrected chi connectivity index (χ1v) is 6.77. The number of nitrogens with zero attached hydrogens (tertiary/aromatic N) is 3. The van der Waals surface area contributed by atoms with E-state index in [9.17, 15) is 4.39 Å². The van der Waals surface area contributed by atoms with E-state index in [-0.39, 0.29) is 0 Å². The molecule has 0 spiro atoms. The van der Waals surface area contributed by atoms with Crippen molar-refractivity contribution < 1.29 is 9.13 Å². The number of methoxy groups -OCH3 is 1. The standard InChI is InChI=1S/C12H8BrFN4OS/c1-19-11-9-10(15-5-16-11)18(12(20)17-9)8-3-2-6(13)4-7(8)14/h2-5H,1H3,(H,17,20). The summed E-state index contributed by atoms with van der Waals surface area (Å²) in [5.74, 6) is -0.0497. The number of fused-ring (bicyclic) bond motifs is 1. The predicted octanol–water partition coefficient (Wildman–Crippen LogP) is 3.39. The van der Waals surface area contributed by atoms with Gasteiger partial charge in [0.2, 0.25) is 5.88 Å². The quantitative estimate of drug-likeness (QED) is 0.716. The molecule has 0 aliphatic carbocycles. The van der Waals surface area contributed by atoms with Crippen LogP contribution in [-0.4, -0.2) is 26.6 Å². The second-order valence-corrected chi connectivity index (χ2v) is 5.25. The molecule has 3 rings (SSSR count). The fourth-order valence-electron chi connectivity index (χ4n) is 1.94. The van der Waals surface area contributed by atoms with E-state index in [0.717, 1.165) is 0 Å². The molecule has 0 saturated heterocycles. The second-order valence-electron chi connectivity index (χ2n) is 3.94. The molecule has 0 atom stereocenters. The molecule has 0 unspecified atom stereocenters. The molecule has 5 nitrogen and oxygen atoms in total. The lowest BCUT2D eigenvalue weighted by Crippen LogP contribution is -1.99. The number of imidazole rings is 1. The fraction of sp³-hybridized carbons (Fsp3) is 0.0833. The lowest BCUT2D eigenvalue weighted by Gasteiger charge is -2.06. The molecule has 1 N–H and O–H groups in total. The summed E-state index contributed by atoms with van der Waals surface area (Å²) in [5, 5.41) is 0. The van der Waals surface area contributed by atoms with Gasteiger partial charge in [-0.3, -0.25) is 4.57 Å². The minimum Gasteiger partial charge on any atom is -0.479 e. The molecule has 0 radical (unpaired) electrons. The van der Waals surface area contributed by atoms with Gasteiger partial charge >= 0.3 is 0 Å². The van der Waals surface area contributed by atoms with Crippen molar-refractivity contribution in [1.29, 1.82) is 0 Å². The average Bonchev–Trinajstić information content (AvgIpc) is 2.75. The maximum absolute atomic E-state index is 14.1. The highest BCUT2D eigenvalue weighted by Crippen LogP contribution is 2.25. The van der Waals surface area contributed by atoms with Gasteiger partial charge in [-0.15, -0.1) is 0 Å². The SMILES string of the molecule is COc1ncnc2c1[nH]c(=S)n2-c1ccc(Br)cc1F. The number of H-pyrrole nitrogens is 1. The lowest BCUT2D eigenvalue weighted by atomic mass is 10.3. The number of benzene rings is 1. The lowest BCUT2D eigenvalue weighted by molar-refractivity contribution is 0.401. The third kappa shape index (κ3) is 2.01. The molecule has 0 aliphatic rings. The van der Waals surface area contributed by atoms with Gasteiger partial charge in [-0.2, -0.15) is 4.98 Å². The zero-order valence-corrected chi connectivity index (χ0v) is 12.6. The Morgan fingerprint density at radius 3 is 2.90 bits per heavy atom. The summed E-state index contributed by atoms with van der Waals surface area (Å²) in [4.78, 5) is 11.1. The van der Waals surface area contributed by atoms with Crippen molar-refractivity contribution in [3.63, 3.8) is 0 Å². The Bertz CT molecular complexity index is 860. The van der Waals surface area contributed by atoms with Crippen molar-refractivity contribution in [2.45, 2.75) is 0 Å². The molecule has 2 heterocycles. The first-order chi connectivity index (χ1) is 9.61. The number of nitrogens with one attached hydrogen (secondary N) is 1. The molecule has 0 fully saturated rings. The van der Waals surface area contributed by atoms with Crippen LogP contribution in [0.4, 0.5) is 4.39 Å². The summed E-state index contributed by atoms with van der Waals surface area (Å²) in [5.41, 5.74) is 1.30. The molecule has 0 amide bonds. The summed E-state index contributed by atoms with van der Waals surface area (Å²) in [6.45, 7) is 0. The van der Waals surface area contributed by atoms with E-state index in [1.165, 1.54) is 24.1 Å². The Labute approximate surface area is 126 Å². The highest BCUT2D eigenvalue weighted by Gasteiger charge is 2.15. The Morgan fingerprint density at radius 2 is 2.20 bits per heavy atom. The van der Waals surface area contributed by atoms with Crippen LogP contribution in [0.15, 0.2) is 29.0 Å². The summed E-state index contributed by atoms with van der Waals surface area (Å²) in [6, 6.07) is 4.73. The molecule has 1 aromatic carbocycles. The van der Waals surface area contributed by atoms with Crippen LogP contribution < -0.4 is 4.74 Å². The van der Waals surface area contributed by atoms with Crippen LogP contribution >= 0.6 is 28.1 Å². The molecular weight excluding hydrogens is 347 g/mol. The van der Waals surface area contributed by atoms with Crippen LogP contribution in [0.25, 0.3) is 16.9 Å². The van der Waals surface area contributed by atoms with E-state index in [1.54, 1.807) is 12.1 Å². The minimum atomic E-state index is -0.408. The van der Waals surface area contributed by atoms with Gasteiger partial charge in [0.1, 0.15) is 17.7 Å². The summed E-state index contributed by atoms with van der Waals surface area (Å²) in [6.07, 6.45) is 1.34. The second kappa shape index (κ2) is 4.95. The minimum absolute atomic E-state index is 0.310. The van der Waals surface area contributed by atoms with E-state index >= 15 is 0 Å². The molecule has 3 aromatic rings. The third-order valence-corrected chi connectivity index (χ3v) is 3.56. The molecule has 2 aromatic heterocycles. The number of ether oxygens (including phenoxy) is 1. The largest absolute Gasteiger partial charge is 0.479 e. The van der Waals surface area contributed by atoms with Crippen LogP contribution in [0, 0.1) is 10.6 Å². The molecule has 0 bridgehead atoms. The maximum Gasteiger partial charge on any atom is 0.242 e. The molecule has 0 saturated carbocycles. The highest BCUT2D eigenvalue weighted by molar-refractivity contribution is 9.10. The molecule has 20 heavy (non-hydrogen) atoms. The van der Waals surface area contributed by atoms with Crippen molar-refractivity contribution in [1.82, 2.24) is 19.5 Å². The van der Waals surface area contributed by atoms with Crippen molar-refractivity contribution in [2.75, 3.05) is 7.11 Å². The first kappa shape index (κ1) is 13.2. The maximum atomic E-state index is 14.1. The fourth-order valence-corrected chi connectivity index (χ4v) is 2.56. The number of halogens is 2. The van der Waals surface area contributed by atoms with Gasteiger partial charge in [-0.25, -0.2) is 9.37 Å². The number of aromatic nitrogens is 4. The zero-order chi connectivity index (χ0) is 14.3. The van der Waals surface area contributed by atoms with Crippen LogP contribution in [-0.2, 0) is 0 Å². The summed E-state index contributed by atoms with van der Waals surface area (Å²) < 4.78 is 21.7. The number of hydrogen-bond donors (Lipinski definition) is 1. The number of rotatable bonds is 2. The van der Waals surface area contributed by atoms with Gasteiger partial charge in [0.15, 0.2) is 10.4 Å². The van der Waals surface area contributed by atoms with Gasteiger partial charge in [-0.05, 0) is 30.4 Å². The van der Waals surface area contributed by atoms with E-state index < -0.39 is 5.82 Å². The van der Waals surface area contributed by atoms with Crippen molar-refractivity contribution in [3.8, 4) is 11.6 Å². The smallest absolute Gasteiger partial charge is 0.242 e. The number of hydrogen-bond acceptors (Lipinski definition) is 4. The Balaban J connectivity index is 2.37. The van der Waals surface area contributed by atoms with E-state index in [0.29, 0.717) is 32.0 Å².